The molecule has 0 aliphatic carbocycles. The van der Waals surface area contributed by atoms with Crippen molar-refractivity contribution in [3.05, 3.63) is 12.7 Å². The van der Waals surface area contributed by atoms with Crippen LogP contribution in [0.15, 0.2) is 12.7 Å². The summed E-state index contributed by atoms with van der Waals surface area (Å²) in [6, 6.07) is -0.230. The molecule has 1 rings (SSSR count). The quantitative estimate of drug-likeness (QED) is 0.534. The largest absolute Gasteiger partial charge is 0.469 e. The van der Waals surface area contributed by atoms with Gasteiger partial charge in [-0.1, -0.05) is 12.7 Å². The molecule has 0 bridgehead atoms. The second kappa shape index (κ2) is 4.64. The average Bonchev–Trinajstić information content (AvgIpc) is 2.16. The number of alkyl carbamates (subject to hydrolysis) is 1. The summed E-state index contributed by atoms with van der Waals surface area (Å²) < 4.78 is 9.36. The second-order valence-electron chi connectivity index (χ2n) is 3.04. The highest BCUT2D eigenvalue weighted by Crippen LogP contribution is 2.13. The summed E-state index contributed by atoms with van der Waals surface area (Å²) >= 11 is 0. The third-order valence-corrected chi connectivity index (χ3v) is 2.00. The first-order valence-electron chi connectivity index (χ1n) is 4.32. The van der Waals surface area contributed by atoms with Crippen LogP contribution in [0.25, 0.3) is 0 Å². The molecule has 5 nitrogen and oxygen atoms in total. The maximum Gasteiger partial charge on any atom is 0.407 e. The highest BCUT2D eigenvalue weighted by molar-refractivity contribution is 5.73. The van der Waals surface area contributed by atoms with E-state index in [1.54, 1.807) is 6.08 Å². The van der Waals surface area contributed by atoms with Crippen molar-refractivity contribution in [3.63, 3.8) is 0 Å². The van der Waals surface area contributed by atoms with Gasteiger partial charge in [-0.2, -0.15) is 0 Å². The summed E-state index contributed by atoms with van der Waals surface area (Å²) in [7, 11) is 1.31. The van der Waals surface area contributed by atoms with E-state index in [0.29, 0.717) is 6.42 Å². The Morgan fingerprint density at radius 3 is 3.14 bits per heavy atom. The molecule has 5 heteroatoms. The van der Waals surface area contributed by atoms with Gasteiger partial charge in [0.05, 0.1) is 13.5 Å². The van der Waals surface area contributed by atoms with Crippen LogP contribution < -0.4 is 5.32 Å². The standard InChI is InChI=1S/C9H13NO4/c1-3-7-4-6(5-8(11)13-2)10-9(12)14-7/h3,6-7H,1,4-5H2,2H3,(H,10,12)/t6-,7-/m1/s1. The molecule has 0 aromatic rings. The van der Waals surface area contributed by atoms with Gasteiger partial charge in [-0.25, -0.2) is 4.79 Å². The molecule has 78 valence electrons. The normalized spacial score (nSPS) is 25.9. The zero-order valence-electron chi connectivity index (χ0n) is 7.99. The van der Waals surface area contributed by atoms with Crippen molar-refractivity contribution in [2.75, 3.05) is 7.11 Å². The minimum atomic E-state index is -0.518. The van der Waals surface area contributed by atoms with E-state index in [1.165, 1.54) is 7.11 Å². The van der Waals surface area contributed by atoms with Crippen molar-refractivity contribution in [1.82, 2.24) is 5.32 Å². The van der Waals surface area contributed by atoms with Crippen molar-refractivity contribution in [1.29, 1.82) is 0 Å². The van der Waals surface area contributed by atoms with E-state index < -0.39 is 6.09 Å². The number of rotatable bonds is 3. The van der Waals surface area contributed by atoms with Crippen LogP contribution in [0.3, 0.4) is 0 Å². The third kappa shape index (κ3) is 2.76. The van der Waals surface area contributed by atoms with E-state index in [4.69, 9.17) is 4.74 Å². The number of esters is 1. The van der Waals surface area contributed by atoms with Crippen molar-refractivity contribution in [2.24, 2.45) is 0 Å². The Morgan fingerprint density at radius 1 is 1.86 bits per heavy atom. The van der Waals surface area contributed by atoms with Crippen LogP contribution in [0.5, 0.6) is 0 Å². The fourth-order valence-corrected chi connectivity index (χ4v) is 1.29. The number of hydrogen-bond acceptors (Lipinski definition) is 4. The van der Waals surface area contributed by atoms with Gasteiger partial charge < -0.3 is 14.8 Å². The molecule has 1 aliphatic heterocycles. The lowest BCUT2D eigenvalue weighted by Crippen LogP contribution is -2.45. The lowest BCUT2D eigenvalue weighted by molar-refractivity contribution is -0.141. The number of hydrogen-bond donors (Lipinski definition) is 1. The minimum Gasteiger partial charge on any atom is -0.469 e. The summed E-state index contributed by atoms with van der Waals surface area (Å²) in [5.74, 6) is -0.347. The number of ether oxygens (including phenoxy) is 2. The van der Waals surface area contributed by atoms with Crippen LogP contribution in [0.2, 0.25) is 0 Å². The van der Waals surface area contributed by atoms with Crippen LogP contribution in [-0.4, -0.2) is 31.3 Å². The van der Waals surface area contributed by atoms with Crippen molar-refractivity contribution >= 4 is 12.1 Å². The maximum atomic E-state index is 11.0. The van der Waals surface area contributed by atoms with Crippen LogP contribution in [-0.2, 0) is 14.3 Å². The van der Waals surface area contributed by atoms with Gasteiger partial charge in [-0.05, 0) is 0 Å². The predicted molar refractivity (Wildman–Crippen MR) is 48.6 cm³/mol. The number of methoxy groups -OCH3 is 1. The number of carbonyl (C=O) groups is 2. The Hall–Kier alpha value is -1.52. The summed E-state index contributed by atoms with van der Waals surface area (Å²) in [4.78, 5) is 21.9. The van der Waals surface area contributed by atoms with Crippen LogP contribution in [0.4, 0.5) is 4.79 Å². The Balaban J connectivity index is 2.48. The highest BCUT2D eigenvalue weighted by atomic mass is 16.6. The zero-order chi connectivity index (χ0) is 10.6. The van der Waals surface area contributed by atoms with Crippen molar-refractivity contribution in [2.45, 2.75) is 25.0 Å². The second-order valence-corrected chi connectivity index (χ2v) is 3.04. The molecule has 1 fully saturated rings. The maximum absolute atomic E-state index is 11.0. The van der Waals surface area contributed by atoms with Crippen LogP contribution in [0, 0.1) is 0 Å². The third-order valence-electron chi connectivity index (χ3n) is 2.00. The fourth-order valence-electron chi connectivity index (χ4n) is 1.29. The van der Waals surface area contributed by atoms with Gasteiger partial charge in [0.2, 0.25) is 0 Å². The van der Waals surface area contributed by atoms with E-state index in [-0.39, 0.29) is 24.5 Å². The SMILES string of the molecule is C=C[C@@H]1C[C@H](CC(=O)OC)NC(=O)O1. The molecule has 2 atom stereocenters. The smallest absolute Gasteiger partial charge is 0.407 e. The van der Waals surface area contributed by atoms with E-state index >= 15 is 0 Å². The summed E-state index contributed by atoms with van der Waals surface area (Å²) in [5.41, 5.74) is 0. The molecule has 1 amide bonds. The van der Waals surface area contributed by atoms with Gasteiger partial charge in [0.25, 0.3) is 0 Å². The van der Waals surface area contributed by atoms with Gasteiger partial charge in [0.15, 0.2) is 0 Å². The predicted octanol–water partition coefficient (Wildman–Crippen LogP) is 0.603. The summed E-state index contributed by atoms with van der Waals surface area (Å²) in [6.45, 7) is 3.53. The van der Waals surface area contributed by atoms with Gasteiger partial charge in [-0.15, -0.1) is 0 Å². The summed E-state index contributed by atoms with van der Waals surface area (Å²) in [6.07, 6.45) is 1.41. The molecule has 0 radical (unpaired) electrons. The van der Waals surface area contributed by atoms with Gasteiger partial charge in [-0.3, -0.25) is 4.79 Å². The Labute approximate surface area is 82.1 Å². The molecule has 0 spiro atoms. The van der Waals surface area contributed by atoms with E-state index in [9.17, 15) is 9.59 Å². The minimum absolute atomic E-state index is 0.163. The molecule has 0 saturated carbocycles. The molecule has 1 saturated heterocycles. The Morgan fingerprint density at radius 2 is 2.57 bits per heavy atom. The molecular formula is C9H13NO4. The number of nitrogens with one attached hydrogen (secondary N) is 1. The first-order valence-corrected chi connectivity index (χ1v) is 4.32. The first-order chi connectivity index (χ1) is 6.65. The molecule has 1 N–H and O–H groups in total. The van der Waals surface area contributed by atoms with Crippen LogP contribution in [0.1, 0.15) is 12.8 Å². The number of cyclic esters (lactones) is 1. The number of carbonyl (C=O) groups excluding carboxylic acids is 2. The van der Waals surface area contributed by atoms with Gasteiger partial charge in [0, 0.05) is 12.5 Å². The zero-order valence-corrected chi connectivity index (χ0v) is 7.99. The Bertz CT molecular complexity index is 251. The molecular weight excluding hydrogens is 186 g/mol. The number of amides is 1. The topological polar surface area (TPSA) is 64.6 Å². The van der Waals surface area contributed by atoms with Crippen LogP contribution >= 0.6 is 0 Å². The molecule has 14 heavy (non-hydrogen) atoms. The Kier molecular flexibility index (Phi) is 3.50. The molecule has 0 aromatic heterocycles. The lowest BCUT2D eigenvalue weighted by atomic mass is 10.0. The van der Waals surface area contributed by atoms with Gasteiger partial charge >= 0.3 is 12.1 Å². The first kappa shape index (κ1) is 10.6. The molecule has 0 aromatic carbocycles. The van der Waals surface area contributed by atoms with E-state index in [2.05, 4.69) is 16.6 Å². The average molecular weight is 199 g/mol. The summed E-state index contributed by atoms with van der Waals surface area (Å²) in [5, 5.41) is 2.54. The monoisotopic (exact) mass is 199 g/mol. The molecule has 1 heterocycles. The van der Waals surface area contributed by atoms with Crippen molar-refractivity contribution in [3.8, 4) is 0 Å². The van der Waals surface area contributed by atoms with E-state index in [0.717, 1.165) is 0 Å². The highest BCUT2D eigenvalue weighted by Gasteiger charge is 2.27. The lowest BCUT2D eigenvalue weighted by Gasteiger charge is -2.27. The van der Waals surface area contributed by atoms with Crippen molar-refractivity contribution < 1.29 is 19.1 Å². The van der Waals surface area contributed by atoms with E-state index in [1.807, 2.05) is 0 Å². The fraction of sp³-hybridized carbons (Fsp3) is 0.556. The van der Waals surface area contributed by atoms with Gasteiger partial charge in [0.1, 0.15) is 6.10 Å². The molecule has 1 aliphatic rings. The molecule has 0 unspecified atom stereocenters.